The van der Waals surface area contributed by atoms with Gasteiger partial charge in [0.1, 0.15) is 6.04 Å². The van der Waals surface area contributed by atoms with Gasteiger partial charge in [0, 0.05) is 25.1 Å². The van der Waals surface area contributed by atoms with E-state index >= 15 is 0 Å². The van der Waals surface area contributed by atoms with Gasteiger partial charge >= 0.3 is 0 Å². The topological polar surface area (TPSA) is 49.4 Å². The fraction of sp³-hybridized carbons (Fsp3) is 0.417. The van der Waals surface area contributed by atoms with Crippen molar-refractivity contribution in [3.63, 3.8) is 0 Å². The van der Waals surface area contributed by atoms with E-state index in [1.807, 2.05) is 56.3 Å². The second kappa shape index (κ2) is 8.59. The molecular formula is C24H30N2O2. The van der Waals surface area contributed by atoms with Crippen molar-refractivity contribution in [2.75, 3.05) is 5.32 Å². The summed E-state index contributed by atoms with van der Waals surface area (Å²) in [5, 5.41) is 3.01. The smallest absolute Gasteiger partial charge is 0.247 e. The van der Waals surface area contributed by atoms with Crippen LogP contribution in [-0.2, 0) is 22.6 Å². The van der Waals surface area contributed by atoms with Crippen molar-refractivity contribution in [1.29, 1.82) is 0 Å². The van der Waals surface area contributed by atoms with E-state index < -0.39 is 6.04 Å². The van der Waals surface area contributed by atoms with Gasteiger partial charge in [-0.25, -0.2) is 0 Å². The Bertz CT molecular complexity index is 840. The molecule has 28 heavy (non-hydrogen) atoms. The van der Waals surface area contributed by atoms with E-state index in [0.29, 0.717) is 25.3 Å². The molecule has 4 nitrogen and oxygen atoms in total. The molecule has 0 aromatic heterocycles. The van der Waals surface area contributed by atoms with Crippen LogP contribution in [0.3, 0.4) is 0 Å². The maximum Gasteiger partial charge on any atom is 0.247 e. The molecule has 0 radical (unpaired) electrons. The molecule has 1 aliphatic heterocycles. The van der Waals surface area contributed by atoms with Gasteiger partial charge in [-0.3, -0.25) is 9.59 Å². The third-order valence-corrected chi connectivity index (χ3v) is 5.30. The summed E-state index contributed by atoms with van der Waals surface area (Å²) in [7, 11) is 0. The molecule has 0 saturated carbocycles. The zero-order valence-electron chi connectivity index (χ0n) is 17.2. The Kier molecular flexibility index (Phi) is 6.18. The summed E-state index contributed by atoms with van der Waals surface area (Å²) in [4.78, 5) is 27.7. The molecule has 0 fully saturated rings. The van der Waals surface area contributed by atoms with Gasteiger partial charge in [-0.15, -0.1) is 0 Å². The average molecular weight is 379 g/mol. The minimum absolute atomic E-state index is 0.0415. The number of nitrogens with one attached hydrogen (secondary N) is 1. The van der Waals surface area contributed by atoms with Gasteiger partial charge < -0.3 is 10.2 Å². The second-order valence-electron chi connectivity index (χ2n) is 8.37. The van der Waals surface area contributed by atoms with Crippen molar-refractivity contribution in [3.05, 3.63) is 65.2 Å². The number of fused-ring (bicyclic) bond motifs is 1. The predicted octanol–water partition coefficient (Wildman–Crippen LogP) is 4.75. The van der Waals surface area contributed by atoms with Crippen LogP contribution in [0, 0.1) is 5.92 Å². The van der Waals surface area contributed by atoms with Gasteiger partial charge in [0.15, 0.2) is 0 Å². The molecule has 148 valence electrons. The molecular weight excluding hydrogens is 348 g/mol. The maximum atomic E-state index is 13.1. The summed E-state index contributed by atoms with van der Waals surface area (Å²) in [6.45, 7) is 8.84. The molecule has 4 heteroatoms. The Hall–Kier alpha value is -2.62. The van der Waals surface area contributed by atoms with Gasteiger partial charge in [-0.05, 0) is 40.7 Å². The van der Waals surface area contributed by atoms with Crippen molar-refractivity contribution < 1.29 is 9.59 Å². The summed E-state index contributed by atoms with van der Waals surface area (Å²) >= 11 is 0. The number of benzene rings is 2. The van der Waals surface area contributed by atoms with Crippen LogP contribution in [0.15, 0.2) is 48.5 Å². The van der Waals surface area contributed by atoms with Crippen molar-refractivity contribution >= 4 is 17.5 Å². The molecule has 1 unspecified atom stereocenters. The van der Waals surface area contributed by atoms with Crippen LogP contribution in [0.4, 0.5) is 5.69 Å². The van der Waals surface area contributed by atoms with Crippen molar-refractivity contribution in [3.8, 4) is 0 Å². The summed E-state index contributed by atoms with van der Waals surface area (Å²) in [5.74, 6) is 0.629. The molecule has 1 N–H and O–H groups in total. The number of anilines is 1. The minimum atomic E-state index is -0.481. The van der Waals surface area contributed by atoms with Gasteiger partial charge in [-0.1, -0.05) is 64.1 Å². The number of hydrogen-bond acceptors (Lipinski definition) is 2. The SMILES string of the molecule is CC(C)CC(=O)N1Cc2ccccc2CC1C(=O)Nc1ccc(C(C)C)cc1. The van der Waals surface area contributed by atoms with Crippen molar-refractivity contribution in [2.45, 2.75) is 59.0 Å². The normalized spacial score (nSPS) is 16.2. The lowest BCUT2D eigenvalue weighted by molar-refractivity contribution is -0.140. The summed E-state index contributed by atoms with van der Waals surface area (Å²) in [5.41, 5.74) is 4.28. The lowest BCUT2D eigenvalue weighted by atomic mass is 9.92. The third-order valence-electron chi connectivity index (χ3n) is 5.30. The Morgan fingerprint density at radius 3 is 2.25 bits per heavy atom. The first-order valence-corrected chi connectivity index (χ1v) is 10.1. The highest BCUT2D eigenvalue weighted by atomic mass is 16.2. The van der Waals surface area contributed by atoms with Crippen molar-refractivity contribution in [1.82, 2.24) is 4.90 Å². The van der Waals surface area contributed by atoms with E-state index in [1.165, 1.54) is 5.56 Å². The molecule has 2 aromatic rings. The Labute approximate surface area is 167 Å². The Morgan fingerprint density at radius 1 is 1.00 bits per heavy atom. The molecule has 0 spiro atoms. The van der Waals surface area contributed by atoms with Crippen LogP contribution < -0.4 is 5.32 Å². The Morgan fingerprint density at radius 2 is 1.64 bits per heavy atom. The molecule has 0 saturated heterocycles. The Balaban J connectivity index is 1.81. The first-order valence-electron chi connectivity index (χ1n) is 10.1. The number of amides is 2. The summed E-state index contributed by atoms with van der Waals surface area (Å²) in [6.07, 6.45) is 1.00. The highest BCUT2D eigenvalue weighted by Crippen LogP contribution is 2.26. The molecule has 2 amide bonds. The second-order valence-corrected chi connectivity index (χ2v) is 8.37. The van der Waals surface area contributed by atoms with E-state index in [1.54, 1.807) is 4.90 Å². The lowest BCUT2D eigenvalue weighted by Gasteiger charge is -2.36. The minimum Gasteiger partial charge on any atom is -0.326 e. The van der Waals surface area contributed by atoms with Crippen LogP contribution in [0.1, 0.15) is 56.7 Å². The quantitative estimate of drug-likeness (QED) is 0.816. The number of carbonyl (C=O) groups excluding carboxylic acids is 2. The summed E-state index contributed by atoms with van der Waals surface area (Å²) < 4.78 is 0. The number of hydrogen-bond donors (Lipinski definition) is 1. The first-order chi connectivity index (χ1) is 13.3. The van der Waals surface area contributed by atoms with Crippen molar-refractivity contribution in [2.24, 2.45) is 5.92 Å². The maximum absolute atomic E-state index is 13.1. The fourth-order valence-electron chi connectivity index (χ4n) is 3.66. The molecule has 2 aromatic carbocycles. The highest BCUT2D eigenvalue weighted by molar-refractivity contribution is 5.97. The fourth-order valence-corrected chi connectivity index (χ4v) is 3.66. The summed E-state index contributed by atoms with van der Waals surface area (Å²) in [6, 6.07) is 15.5. The van der Waals surface area contributed by atoms with E-state index in [-0.39, 0.29) is 17.7 Å². The predicted molar refractivity (Wildman–Crippen MR) is 113 cm³/mol. The van der Waals surface area contributed by atoms with Gasteiger partial charge in [-0.2, -0.15) is 0 Å². The number of nitrogens with zero attached hydrogens (tertiary/aromatic N) is 1. The zero-order chi connectivity index (χ0) is 20.3. The monoisotopic (exact) mass is 378 g/mol. The van der Waals surface area contributed by atoms with E-state index in [0.717, 1.165) is 16.8 Å². The average Bonchev–Trinajstić information content (AvgIpc) is 2.66. The van der Waals surface area contributed by atoms with Crippen LogP contribution in [0.5, 0.6) is 0 Å². The van der Waals surface area contributed by atoms with Gasteiger partial charge in [0.2, 0.25) is 11.8 Å². The van der Waals surface area contributed by atoms with Crippen LogP contribution >= 0.6 is 0 Å². The van der Waals surface area contributed by atoms with E-state index in [4.69, 9.17) is 0 Å². The third kappa shape index (κ3) is 4.61. The largest absolute Gasteiger partial charge is 0.326 e. The molecule has 0 aliphatic carbocycles. The molecule has 3 rings (SSSR count). The highest BCUT2D eigenvalue weighted by Gasteiger charge is 2.34. The molecule has 0 bridgehead atoms. The number of carbonyl (C=O) groups is 2. The van der Waals surface area contributed by atoms with Crippen LogP contribution in [0.25, 0.3) is 0 Å². The van der Waals surface area contributed by atoms with E-state index in [9.17, 15) is 9.59 Å². The van der Waals surface area contributed by atoms with Gasteiger partial charge in [0.05, 0.1) is 0 Å². The molecule has 1 heterocycles. The van der Waals surface area contributed by atoms with Crippen LogP contribution in [-0.4, -0.2) is 22.8 Å². The molecule has 1 aliphatic rings. The van der Waals surface area contributed by atoms with E-state index in [2.05, 4.69) is 25.2 Å². The zero-order valence-corrected chi connectivity index (χ0v) is 17.2. The lowest BCUT2D eigenvalue weighted by Crippen LogP contribution is -2.50. The number of rotatable bonds is 5. The first kappa shape index (κ1) is 20.1. The van der Waals surface area contributed by atoms with Crippen LogP contribution in [0.2, 0.25) is 0 Å². The van der Waals surface area contributed by atoms with Gasteiger partial charge in [0.25, 0.3) is 0 Å². The standard InChI is InChI=1S/C24H30N2O2/c1-16(2)13-23(27)26-15-20-8-6-5-7-19(20)14-22(26)24(28)25-21-11-9-18(10-12-21)17(3)4/h5-12,16-17,22H,13-15H2,1-4H3,(H,25,28). The molecule has 1 atom stereocenters.